The van der Waals surface area contributed by atoms with Crippen LogP contribution in [0.25, 0.3) is 55.5 Å². The zero-order valence-electron chi connectivity index (χ0n) is 36.1. The molecule has 0 aliphatic heterocycles. The second-order valence-electron chi connectivity index (χ2n) is 16.8. The van der Waals surface area contributed by atoms with Crippen LogP contribution in [0.1, 0.15) is 86.5 Å². The molecule has 0 amide bonds. The van der Waals surface area contributed by atoms with Gasteiger partial charge in [0, 0.05) is 77.8 Å². The third-order valence-electron chi connectivity index (χ3n) is 12.1. The summed E-state index contributed by atoms with van der Waals surface area (Å²) in [7, 11) is 0. The average Bonchev–Trinajstić information content (AvgIpc) is 3.25. The van der Waals surface area contributed by atoms with Crippen LogP contribution in [-0.4, -0.2) is 22.0 Å². The maximum Gasteiger partial charge on any atom is 0.239 e. The number of aryl methyl sites for hydroxylation is 4. The molecule has 0 bridgehead atoms. The van der Waals surface area contributed by atoms with Gasteiger partial charge in [-0.1, -0.05) is 99.4 Å². The first-order valence-electron chi connectivity index (χ1n) is 22.0. The molecule has 6 aromatic carbocycles. The van der Waals surface area contributed by atoms with Crippen LogP contribution in [0, 0.1) is 27.7 Å². The molecule has 0 radical (unpaired) electrons. The van der Waals surface area contributed by atoms with E-state index in [2.05, 4.69) is 131 Å². The lowest BCUT2D eigenvalue weighted by molar-refractivity contribution is -0.538. The van der Waals surface area contributed by atoms with E-state index in [1.807, 2.05) is 26.0 Å². The Kier molecular flexibility index (Phi) is 12.8. The molecule has 0 saturated carbocycles. The molecule has 61 heavy (non-hydrogen) atoms. The molecule has 2 aromatic heterocycles. The number of nitrogens with zero attached hydrogens (tertiary/aromatic N) is 4. The van der Waals surface area contributed by atoms with Gasteiger partial charge in [0.05, 0.1) is 0 Å². The number of alkyl halides is 1. The van der Waals surface area contributed by atoms with E-state index < -0.39 is 0 Å². The van der Waals surface area contributed by atoms with Crippen molar-refractivity contribution in [2.24, 2.45) is 0 Å². The molecule has 1 atom stereocenters. The van der Waals surface area contributed by atoms with Crippen LogP contribution in [0.3, 0.4) is 0 Å². The van der Waals surface area contributed by atoms with Crippen LogP contribution in [-0.2, 0) is 0 Å². The van der Waals surface area contributed by atoms with Gasteiger partial charge in [0.1, 0.15) is 27.6 Å². The zero-order valence-corrected chi connectivity index (χ0v) is 36.8. The number of rotatable bonds is 17. The summed E-state index contributed by atoms with van der Waals surface area (Å²) in [5, 5.41) is 7.35. The van der Waals surface area contributed by atoms with E-state index >= 15 is 0 Å². The number of hydrogen-bond donors (Lipinski definition) is 4. The Balaban J connectivity index is 0.782. The number of hydrogen-bond acceptors (Lipinski definition) is 6. The van der Waals surface area contributed by atoms with Crippen LogP contribution in [0.5, 0.6) is 0 Å². The molecule has 1 unspecified atom stereocenters. The highest BCUT2D eigenvalue weighted by Gasteiger charge is 2.24. The minimum atomic E-state index is -0.148. The SMILES string of the molecule is Cc1cc2nc3cc(C)c(NCCCCCCCCCCCC(Cl)Nc4cc5c(cc4C)nc4cc(C)c(N)cc4[n+]5-c4ccccc4)cc3[n+](-c3ccccc3)c2cc1N. The summed E-state index contributed by atoms with van der Waals surface area (Å²) in [6.45, 7) is 9.31. The monoisotopic (exact) mass is 830 g/mol. The number of nitrogens with two attached hydrogens (primary N) is 2. The highest BCUT2D eigenvalue weighted by Crippen LogP contribution is 2.29. The highest BCUT2D eigenvalue weighted by atomic mass is 35.5. The summed E-state index contributed by atoms with van der Waals surface area (Å²) in [5.74, 6) is 0. The van der Waals surface area contributed by atoms with E-state index in [0.29, 0.717) is 0 Å². The van der Waals surface area contributed by atoms with Gasteiger partial charge in [-0.05, 0) is 87.1 Å². The molecular weight excluding hydrogens is 772 g/mol. The quantitative estimate of drug-likeness (QED) is 0.0182. The number of para-hydroxylation sites is 2. The number of fused-ring (bicyclic) bond motifs is 4. The molecule has 312 valence electrons. The second kappa shape index (κ2) is 18.7. The van der Waals surface area contributed by atoms with Gasteiger partial charge >= 0.3 is 0 Å². The summed E-state index contributed by atoms with van der Waals surface area (Å²) in [6.07, 6.45) is 12.0. The fourth-order valence-electron chi connectivity index (χ4n) is 8.56. The minimum absolute atomic E-state index is 0.148. The van der Waals surface area contributed by atoms with Crippen molar-refractivity contribution in [3.63, 3.8) is 0 Å². The van der Waals surface area contributed by atoms with E-state index in [9.17, 15) is 0 Å². The Labute approximate surface area is 365 Å². The van der Waals surface area contributed by atoms with Crippen molar-refractivity contribution in [3.05, 3.63) is 131 Å². The van der Waals surface area contributed by atoms with Crippen molar-refractivity contribution < 1.29 is 9.13 Å². The molecule has 0 saturated heterocycles. The minimum Gasteiger partial charge on any atom is -0.398 e. The topological polar surface area (TPSA) is 110 Å². The number of nitrogen functional groups attached to an aromatic ring is 2. The Hall–Kier alpha value is -5.99. The normalized spacial score (nSPS) is 12.1. The van der Waals surface area contributed by atoms with Crippen LogP contribution < -0.4 is 31.2 Å². The van der Waals surface area contributed by atoms with Crippen molar-refractivity contribution in [2.75, 3.05) is 28.6 Å². The summed E-state index contributed by atoms with van der Waals surface area (Å²) in [4.78, 5) is 10.1. The molecule has 9 heteroatoms. The van der Waals surface area contributed by atoms with Crippen LogP contribution >= 0.6 is 11.6 Å². The standard InChI is InChI=1S/C52H57ClN8/c1-34-26-44-48(30-40(34)54)60(38-20-14-12-15-21-38)50-32-42(36(3)28-46(50)57-44)56-25-19-11-9-7-5-6-8-10-18-24-52(53)59-43-33-51-47(29-37(43)4)58-45-27-35(2)41(55)31-49(45)61(51)39-22-16-13-17-23-39/h12-17,20-23,26-33,52H,5-11,18-19,24-25H2,1-4H3,(H4,54,55,56,59)/p+2. The molecule has 8 aromatic rings. The lowest BCUT2D eigenvalue weighted by Gasteiger charge is -2.16. The number of halogens is 1. The number of aromatic nitrogens is 4. The molecular formula is C52H59ClN8+2. The lowest BCUT2D eigenvalue weighted by atomic mass is 10.1. The lowest BCUT2D eigenvalue weighted by Crippen LogP contribution is -2.33. The third-order valence-corrected chi connectivity index (χ3v) is 12.4. The van der Waals surface area contributed by atoms with Gasteiger partial charge in [-0.15, -0.1) is 9.13 Å². The fourth-order valence-corrected chi connectivity index (χ4v) is 8.83. The third kappa shape index (κ3) is 9.35. The van der Waals surface area contributed by atoms with E-state index in [0.717, 1.165) is 121 Å². The van der Waals surface area contributed by atoms with Crippen LogP contribution in [0.4, 0.5) is 22.7 Å². The van der Waals surface area contributed by atoms with Gasteiger partial charge in [-0.3, -0.25) is 0 Å². The predicted molar refractivity (Wildman–Crippen MR) is 257 cm³/mol. The van der Waals surface area contributed by atoms with Gasteiger partial charge in [0.25, 0.3) is 0 Å². The van der Waals surface area contributed by atoms with Gasteiger partial charge < -0.3 is 22.1 Å². The molecule has 0 fully saturated rings. The first kappa shape index (κ1) is 41.7. The van der Waals surface area contributed by atoms with Gasteiger partial charge in [-0.2, -0.15) is 0 Å². The number of unbranched alkanes of at least 4 members (excludes halogenated alkanes) is 8. The maximum atomic E-state index is 6.92. The first-order valence-corrected chi connectivity index (χ1v) is 22.5. The molecule has 8 rings (SSSR count). The largest absolute Gasteiger partial charge is 0.398 e. The van der Waals surface area contributed by atoms with Crippen LogP contribution in [0.15, 0.2) is 109 Å². The molecule has 0 spiro atoms. The second-order valence-corrected chi connectivity index (χ2v) is 17.3. The molecule has 0 aliphatic carbocycles. The molecule has 8 nitrogen and oxygen atoms in total. The Bertz CT molecular complexity index is 2830. The molecule has 0 aliphatic rings. The van der Waals surface area contributed by atoms with Crippen molar-refractivity contribution >= 4 is 78.5 Å². The molecule has 6 N–H and O–H groups in total. The molecule has 2 heterocycles. The Morgan fingerprint density at radius 1 is 0.492 bits per heavy atom. The van der Waals surface area contributed by atoms with E-state index in [1.165, 1.54) is 50.5 Å². The van der Waals surface area contributed by atoms with Gasteiger partial charge in [-0.25, -0.2) is 9.97 Å². The average molecular weight is 832 g/mol. The van der Waals surface area contributed by atoms with Crippen molar-refractivity contribution in [1.29, 1.82) is 0 Å². The summed E-state index contributed by atoms with van der Waals surface area (Å²) in [6, 6.07) is 37.9. The zero-order chi connectivity index (χ0) is 42.5. The number of benzene rings is 6. The van der Waals surface area contributed by atoms with Crippen molar-refractivity contribution in [1.82, 2.24) is 9.97 Å². The number of anilines is 4. The smallest absolute Gasteiger partial charge is 0.239 e. The first-order chi connectivity index (χ1) is 29.6. The van der Waals surface area contributed by atoms with E-state index in [-0.39, 0.29) is 5.50 Å². The summed E-state index contributed by atoms with van der Waals surface area (Å²) < 4.78 is 4.54. The summed E-state index contributed by atoms with van der Waals surface area (Å²) in [5.41, 5.74) is 30.8. The van der Waals surface area contributed by atoms with Gasteiger partial charge in [0.2, 0.25) is 33.4 Å². The highest BCUT2D eigenvalue weighted by molar-refractivity contribution is 6.21. The fraction of sp³-hybridized carbons (Fsp3) is 0.308. The van der Waals surface area contributed by atoms with Crippen molar-refractivity contribution in [3.8, 4) is 11.4 Å². The number of nitrogens with one attached hydrogen (secondary N) is 2. The van der Waals surface area contributed by atoms with E-state index in [4.69, 9.17) is 33.0 Å². The Morgan fingerprint density at radius 2 is 0.885 bits per heavy atom. The predicted octanol–water partition coefficient (Wildman–Crippen LogP) is 12.0. The van der Waals surface area contributed by atoms with Crippen molar-refractivity contribution in [2.45, 2.75) is 97.4 Å². The van der Waals surface area contributed by atoms with Crippen LogP contribution in [0.2, 0.25) is 0 Å². The van der Waals surface area contributed by atoms with E-state index in [1.54, 1.807) is 0 Å². The van der Waals surface area contributed by atoms with Gasteiger partial charge in [0.15, 0.2) is 0 Å². The maximum absolute atomic E-state index is 6.92. The Morgan fingerprint density at radius 3 is 1.38 bits per heavy atom. The summed E-state index contributed by atoms with van der Waals surface area (Å²) >= 11 is 6.92.